The van der Waals surface area contributed by atoms with Crippen LogP contribution in [0, 0.1) is 12.7 Å². The second-order valence-corrected chi connectivity index (χ2v) is 6.83. The molecule has 0 saturated carbocycles. The monoisotopic (exact) mass is 340 g/mol. The van der Waals surface area contributed by atoms with E-state index in [2.05, 4.69) is 10.3 Å². The van der Waals surface area contributed by atoms with E-state index in [4.69, 9.17) is 5.73 Å². The summed E-state index contributed by atoms with van der Waals surface area (Å²) in [5, 5.41) is 2.86. The highest BCUT2D eigenvalue weighted by atomic mass is 19.1. The first kappa shape index (κ1) is 17.1. The highest BCUT2D eigenvalue weighted by Crippen LogP contribution is 2.28. The first-order valence-corrected chi connectivity index (χ1v) is 8.00. The molecule has 0 fully saturated rings. The molecule has 0 spiro atoms. The molecule has 0 saturated heterocycles. The molecule has 0 bridgehead atoms. The number of hydrogen-bond acceptors (Lipinski definition) is 3. The van der Waals surface area contributed by atoms with Crippen LogP contribution in [0.4, 0.5) is 10.1 Å². The van der Waals surface area contributed by atoms with Crippen molar-refractivity contribution in [2.75, 3.05) is 5.32 Å². The summed E-state index contributed by atoms with van der Waals surface area (Å²) in [6, 6.07) is 10.2. The van der Waals surface area contributed by atoms with Gasteiger partial charge in [0.25, 0.3) is 0 Å². The molecule has 3 rings (SSSR count). The van der Waals surface area contributed by atoms with Gasteiger partial charge < -0.3 is 15.6 Å². The highest BCUT2D eigenvalue weighted by molar-refractivity contribution is 5.98. The molecule has 0 aliphatic heterocycles. The largest absolute Gasteiger partial charge is 0.327 e. The van der Waals surface area contributed by atoms with Gasteiger partial charge in [-0.15, -0.1) is 0 Å². The molecule has 5 nitrogen and oxygen atoms in total. The SMILES string of the molecule is Cc1ccc(-c2nc3cc(F)ccc3n2C)cc1NC(=O)C(C)(C)N. The quantitative estimate of drug-likeness (QED) is 0.768. The molecule has 1 aromatic heterocycles. The highest BCUT2D eigenvalue weighted by Gasteiger charge is 2.22. The molecule has 0 radical (unpaired) electrons. The van der Waals surface area contributed by atoms with Gasteiger partial charge in [0.05, 0.1) is 16.6 Å². The number of carbonyl (C=O) groups is 1. The Morgan fingerprint density at radius 1 is 1.24 bits per heavy atom. The van der Waals surface area contributed by atoms with E-state index in [9.17, 15) is 9.18 Å². The summed E-state index contributed by atoms with van der Waals surface area (Å²) in [6.07, 6.45) is 0. The summed E-state index contributed by atoms with van der Waals surface area (Å²) in [5.74, 6) is 0.113. The Kier molecular flexibility index (Phi) is 4.08. The molecule has 3 N–H and O–H groups in total. The van der Waals surface area contributed by atoms with Gasteiger partial charge in [-0.1, -0.05) is 12.1 Å². The minimum absolute atomic E-state index is 0.264. The number of amides is 1. The Labute approximate surface area is 145 Å². The molecule has 6 heteroatoms. The standard InChI is InChI=1S/C19H21FN4O/c1-11-5-6-12(9-14(11)23-18(25)19(2,3)21)17-22-15-10-13(20)7-8-16(15)24(17)4/h5-10H,21H2,1-4H3,(H,23,25). The van der Waals surface area contributed by atoms with Crippen LogP contribution in [0.2, 0.25) is 0 Å². The molecule has 0 aliphatic rings. The summed E-state index contributed by atoms with van der Waals surface area (Å²) < 4.78 is 15.3. The first-order valence-electron chi connectivity index (χ1n) is 8.00. The maximum atomic E-state index is 13.4. The molecular weight excluding hydrogens is 319 g/mol. The number of benzene rings is 2. The Hall–Kier alpha value is -2.73. The third-order valence-corrected chi connectivity index (χ3v) is 4.17. The van der Waals surface area contributed by atoms with E-state index >= 15 is 0 Å². The van der Waals surface area contributed by atoms with E-state index in [0.717, 1.165) is 16.6 Å². The Morgan fingerprint density at radius 2 is 1.96 bits per heavy atom. The molecular formula is C19H21FN4O. The number of carbonyl (C=O) groups excluding carboxylic acids is 1. The minimum Gasteiger partial charge on any atom is -0.327 e. The Balaban J connectivity index is 2.05. The van der Waals surface area contributed by atoms with Gasteiger partial charge in [0.2, 0.25) is 5.91 Å². The van der Waals surface area contributed by atoms with Crippen LogP contribution in [-0.4, -0.2) is 21.0 Å². The zero-order chi connectivity index (χ0) is 18.4. The van der Waals surface area contributed by atoms with Crippen molar-refractivity contribution >= 4 is 22.6 Å². The fraction of sp³-hybridized carbons (Fsp3) is 0.263. The van der Waals surface area contributed by atoms with Crippen molar-refractivity contribution < 1.29 is 9.18 Å². The number of fused-ring (bicyclic) bond motifs is 1. The molecule has 1 heterocycles. The minimum atomic E-state index is -0.974. The molecule has 0 atom stereocenters. The summed E-state index contributed by atoms with van der Waals surface area (Å²) in [7, 11) is 1.88. The predicted molar refractivity (Wildman–Crippen MR) is 97.7 cm³/mol. The third kappa shape index (κ3) is 3.25. The van der Waals surface area contributed by atoms with Gasteiger partial charge in [0.1, 0.15) is 11.6 Å². The molecule has 25 heavy (non-hydrogen) atoms. The number of aromatic nitrogens is 2. The van der Waals surface area contributed by atoms with E-state index in [1.165, 1.54) is 12.1 Å². The van der Waals surface area contributed by atoms with Crippen LogP contribution in [0.3, 0.4) is 0 Å². The van der Waals surface area contributed by atoms with Gasteiger partial charge in [-0.05, 0) is 44.5 Å². The van der Waals surface area contributed by atoms with Crippen molar-refractivity contribution in [2.45, 2.75) is 26.3 Å². The lowest BCUT2D eigenvalue weighted by Gasteiger charge is -2.19. The van der Waals surface area contributed by atoms with Crippen molar-refractivity contribution in [3.63, 3.8) is 0 Å². The topological polar surface area (TPSA) is 72.9 Å². The van der Waals surface area contributed by atoms with E-state index < -0.39 is 5.54 Å². The van der Waals surface area contributed by atoms with E-state index in [1.807, 2.05) is 36.7 Å². The van der Waals surface area contributed by atoms with Gasteiger partial charge in [-0.25, -0.2) is 9.37 Å². The van der Waals surface area contributed by atoms with Gasteiger partial charge in [-0.3, -0.25) is 4.79 Å². The number of halogens is 1. The van der Waals surface area contributed by atoms with Gasteiger partial charge >= 0.3 is 0 Å². The van der Waals surface area contributed by atoms with Crippen molar-refractivity contribution in [1.82, 2.24) is 9.55 Å². The van der Waals surface area contributed by atoms with E-state index in [0.29, 0.717) is 17.0 Å². The van der Waals surface area contributed by atoms with E-state index in [1.54, 1.807) is 19.9 Å². The summed E-state index contributed by atoms with van der Waals surface area (Å²) in [6.45, 7) is 5.22. The number of anilines is 1. The van der Waals surface area contributed by atoms with Crippen molar-refractivity contribution in [3.05, 3.63) is 47.8 Å². The molecule has 3 aromatic rings. The molecule has 0 aliphatic carbocycles. The number of nitrogens with two attached hydrogens (primary N) is 1. The fourth-order valence-corrected chi connectivity index (χ4v) is 2.61. The van der Waals surface area contributed by atoms with Crippen LogP contribution in [0.25, 0.3) is 22.4 Å². The van der Waals surface area contributed by atoms with Gasteiger partial charge in [-0.2, -0.15) is 0 Å². The maximum Gasteiger partial charge on any atom is 0.243 e. The van der Waals surface area contributed by atoms with Crippen LogP contribution < -0.4 is 11.1 Å². The maximum absolute atomic E-state index is 13.4. The lowest BCUT2D eigenvalue weighted by atomic mass is 10.0. The Bertz CT molecular complexity index is 969. The molecule has 2 aromatic carbocycles. The smallest absolute Gasteiger partial charge is 0.243 e. The van der Waals surface area contributed by atoms with Crippen LogP contribution >= 0.6 is 0 Å². The zero-order valence-corrected chi connectivity index (χ0v) is 14.7. The average molecular weight is 340 g/mol. The number of imidazole rings is 1. The van der Waals surface area contributed by atoms with Crippen LogP contribution in [-0.2, 0) is 11.8 Å². The van der Waals surface area contributed by atoms with E-state index in [-0.39, 0.29) is 11.7 Å². The summed E-state index contributed by atoms with van der Waals surface area (Å²) >= 11 is 0. The number of rotatable bonds is 3. The van der Waals surface area contributed by atoms with Gasteiger partial charge in [0.15, 0.2) is 0 Å². The Morgan fingerprint density at radius 3 is 2.64 bits per heavy atom. The number of nitrogens with zero attached hydrogens (tertiary/aromatic N) is 2. The second-order valence-electron chi connectivity index (χ2n) is 6.83. The number of nitrogens with one attached hydrogen (secondary N) is 1. The predicted octanol–water partition coefficient (Wildman–Crippen LogP) is 3.36. The lowest BCUT2D eigenvalue weighted by molar-refractivity contribution is -0.120. The molecule has 1 amide bonds. The third-order valence-electron chi connectivity index (χ3n) is 4.17. The second kappa shape index (κ2) is 5.97. The first-order chi connectivity index (χ1) is 11.7. The van der Waals surface area contributed by atoms with Crippen LogP contribution in [0.15, 0.2) is 36.4 Å². The van der Waals surface area contributed by atoms with Gasteiger partial charge in [0, 0.05) is 24.4 Å². The van der Waals surface area contributed by atoms with Crippen molar-refractivity contribution in [3.8, 4) is 11.4 Å². The lowest BCUT2D eigenvalue weighted by Crippen LogP contribution is -2.45. The van der Waals surface area contributed by atoms with Crippen molar-refractivity contribution in [1.29, 1.82) is 0 Å². The number of hydrogen-bond donors (Lipinski definition) is 2. The molecule has 130 valence electrons. The zero-order valence-electron chi connectivity index (χ0n) is 14.7. The van der Waals surface area contributed by atoms with Crippen molar-refractivity contribution in [2.24, 2.45) is 12.8 Å². The van der Waals surface area contributed by atoms with Crippen LogP contribution in [0.5, 0.6) is 0 Å². The summed E-state index contributed by atoms with van der Waals surface area (Å²) in [5.41, 5.74) is 8.74. The summed E-state index contributed by atoms with van der Waals surface area (Å²) in [4.78, 5) is 16.7. The fourth-order valence-electron chi connectivity index (χ4n) is 2.61. The normalized spacial score (nSPS) is 11.8. The average Bonchev–Trinajstić information content (AvgIpc) is 2.84. The van der Waals surface area contributed by atoms with Crippen LogP contribution in [0.1, 0.15) is 19.4 Å². The molecule has 0 unspecified atom stereocenters. The number of aryl methyl sites for hydroxylation is 2.